The Morgan fingerprint density at radius 3 is 1.82 bits per heavy atom. The number of benzene rings is 2. The summed E-state index contributed by atoms with van der Waals surface area (Å²) in [6, 6.07) is 16.8. The third kappa shape index (κ3) is 3.49. The molecule has 0 radical (unpaired) electrons. The van der Waals surface area contributed by atoms with E-state index in [-0.39, 0.29) is 17.9 Å². The van der Waals surface area contributed by atoms with Crippen molar-refractivity contribution in [2.45, 2.75) is 25.9 Å². The van der Waals surface area contributed by atoms with E-state index in [1.54, 1.807) is 19.0 Å². The largest absolute Gasteiger partial charge is 0.334 e. The van der Waals surface area contributed by atoms with E-state index in [4.69, 9.17) is 0 Å². The smallest absolute Gasteiger partial charge is 0.319 e. The second-order valence-electron chi connectivity index (χ2n) is 7.95. The van der Waals surface area contributed by atoms with E-state index >= 15 is 0 Å². The molecule has 5 heteroatoms. The van der Waals surface area contributed by atoms with Gasteiger partial charge >= 0.3 is 6.03 Å². The minimum atomic E-state index is -0.0105. The van der Waals surface area contributed by atoms with Crippen LogP contribution in [0.25, 0.3) is 11.1 Å². The van der Waals surface area contributed by atoms with E-state index in [2.05, 4.69) is 36.4 Å². The lowest BCUT2D eigenvalue weighted by Crippen LogP contribution is -2.47. The number of fused-ring (bicyclic) bond motifs is 3. The van der Waals surface area contributed by atoms with Gasteiger partial charge in [0.05, 0.1) is 0 Å². The van der Waals surface area contributed by atoms with Crippen molar-refractivity contribution in [3.8, 4) is 11.1 Å². The van der Waals surface area contributed by atoms with Crippen molar-refractivity contribution in [3.05, 3.63) is 59.7 Å². The number of carbonyl (C=O) groups excluding carboxylic acids is 2. The summed E-state index contributed by atoms with van der Waals surface area (Å²) in [5.41, 5.74) is 4.83. The van der Waals surface area contributed by atoms with Gasteiger partial charge in [-0.25, -0.2) is 4.79 Å². The van der Waals surface area contributed by atoms with Crippen molar-refractivity contribution in [3.63, 3.8) is 0 Å². The average Bonchev–Trinajstić information content (AvgIpc) is 2.89. The number of amides is 3. The lowest BCUT2D eigenvalue weighted by Gasteiger charge is -2.35. The van der Waals surface area contributed by atoms with E-state index in [0.717, 1.165) is 12.8 Å². The Hall–Kier alpha value is -2.82. The fourth-order valence-corrected chi connectivity index (χ4v) is 4.32. The summed E-state index contributed by atoms with van der Waals surface area (Å²) < 4.78 is 0. The molecule has 0 aromatic heterocycles. The zero-order chi connectivity index (χ0) is 19.7. The maximum absolute atomic E-state index is 13.3. The molecule has 0 bridgehead atoms. The summed E-state index contributed by atoms with van der Waals surface area (Å²) in [6.45, 7) is 2.57. The molecular weight excluding hydrogens is 350 g/mol. The second kappa shape index (κ2) is 7.66. The number of rotatable bonds is 1. The minimum absolute atomic E-state index is 0.0105. The predicted octanol–water partition coefficient (Wildman–Crippen LogP) is 3.59. The molecule has 0 aliphatic carbocycles. The van der Waals surface area contributed by atoms with Crippen LogP contribution in [0.2, 0.25) is 0 Å². The summed E-state index contributed by atoms with van der Waals surface area (Å²) in [6.07, 6.45) is 1.47. The van der Waals surface area contributed by atoms with Crippen LogP contribution in [0.5, 0.6) is 0 Å². The summed E-state index contributed by atoms with van der Waals surface area (Å²) in [4.78, 5) is 30.9. The number of piperidine rings is 1. The first kappa shape index (κ1) is 18.5. The van der Waals surface area contributed by atoms with Crippen molar-refractivity contribution in [2.24, 2.45) is 5.92 Å². The zero-order valence-corrected chi connectivity index (χ0v) is 16.6. The van der Waals surface area contributed by atoms with Crippen LogP contribution in [-0.4, -0.2) is 53.8 Å². The third-order valence-corrected chi connectivity index (χ3v) is 5.86. The molecule has 2 aromatic carbocycles. The highest BCUT2D eigenvalue weighted by Gasteiger charge is 2.32. The number of nitrogens with zero attached hydrogens (tertiary/aromatic N) is 3. The van der Waals surface area contributed by atoms with Gasteiger partial charge in [0.15, 0.2) is 0 Å². The van der Waals surface area contributed by atoms with Gasteiger partial charge in [-0.15, -0.1) is 0 Å². The first-order valence-corrected chi connectivity index (χ1v) is 9.96. The minimum Gasteiger partial charge on any atom is -0.334 e. The number of carbonyl (C=O) groups is 2. The van der Waals surface area contributed by atoms with E-state index in [0.29, 0.717) is 26.2 Å². The molecule has 146 valence electrons. The van der Waals surface area contributed by atoms with Crippen LogP contribution in [0.1, 0.15) is 24.0 Å². The van der Waals surface area contributed by atoms with Gasteiger partial charge in [-0.1, -0.05) is 48.5 Å². The molecule has 28 heavy (non-hydrogen) atoms. The second-order valence-corrected chi connectivity index (χ2v) is 7.95. The van der Waals surface area contributed by atoms with Gasteiger partial charge in [0, 0.05) is 46.2 Å². The van der Waals surface area contributed by atoms with Crippen LogP contribution in [0.3, 0.4) is 0 Å². The van der Waals surface area contributed by atoms with Gasteiger partial charge in [-0.2, -0.15) is 0 Å². The third-order valence-electron chi connectivity index (χ3n) is 5.86. The monoisotopic (exact) mass is 377 g/mol. The van der Waals surface area contributed by atoms with Crippen LogP contribution in [-0.2, 0) is 17.9 Å². The van der Waals surface area contributed by atoms with Gasteiger partial charge in [-0.05, 0) is 35.1 Å². The Bertz CT molecular complexity index is 837. The van der Waals surface area contributed by atoms with Crippen LogP contribution in [0.4, 0.5) is 4.79 Å². The molecule has 0 unspecified atom stereocenters. The van der Waals surface area contributed by atoms with E-state index in [1.165, 1.54) is 22.3 Å². The molecule has 2 aromatic rings. The van der Waals surface area contributed by atoms with Crippen molar-refractivity contribution < 1.29 is 9.59 Å². The highest BCUT2D eigenvalue weighted by molar-refractivity contribution is 5.82. The average molecular weight is 377 g/mol. The quantitative estimate of drug-likeness (QED) is 0.762. The normalized spacial score (nSPS) is 16.8. The maximum atomic E-state index is 13.3. The molecule has 0 atom stereocenters. The maximum Gasteiger partial charge on any atom is 0.319 e. The Balaban J connectivity index is 1.53. The van der Waals surface area contributed by atoms with Crippen molar-refractivity contribution in [1.29, 1.82) is 0 Å². The SMILES string of the molecule is CN(C)C(=O)N1CCC(C(=O)N2Cc3ccccc3-c3ccccc3C2)CC1. The molecule has 4 rings (SSSR count). The molecule has 2 aliphatic rings. The van der Waals surface area contributed by atoms with Crippen molar-refractivity contribution in [1.82, 2.24) is 14.7 Å². The Morgan fingerprint density at radius 1 is 0.821 bits per heavy atom. The summed E-state index contributed by atoms with van der Waals surface area (Å²) >= 11 is 0. The van der Waals surface area contributed by atoms with Gasteiger partial charge in [0.2, 0.25) is 5.91 Å². The standard InChI is InChI=1S/C23H27N3O2/c1-24(2)23(28)25-13-11-17(12-14-25)22(27)26-15-18-7-3-5-9-20(18)21-10-6-4-8-19(21)16-26/h3-10,17H,11-16H2,1-2H3. The van der Waals surface area contributed by atoms with Gasteiger partial charge < -0.3 is 14.7 Å². The lowest BCUT2D eigenvalue weighted by molar-refractivity contribution is -0.138. The van der Waals surface area contributed by atoms with E-state index in [9.17, 15) is 9.59 Å². The number of likely N-dealkylation sites (tertiary alicyclic amines) is 1. The first-order chi connectivity index (χ1) is 13.5. The molecule has 1 saturated heterocycles. The number of hydrogen-bond acceptors (Lipinski definition) is 2. The Morgan fingerprint density at radius 2 is 1.32 bits per heavy atom. The fraction of sp³-hybridized carbons (Fsp3) is 0.391. The molecular formula is C23H27N3O2. The number of urea groups is 1. The van der Waals surface area contributed by atoms with Crippen LogP contribution in [0, 0.1) is 5.92 Å². The molecule has 0 saturated carbocycles. The van der Waals surface area contributed by atoms with Crippen LogP contribution >= 0.6 is 0 Å². The van der Waals surface area contributed by atoms with Crippen molar-refractivity contribution in [2.75, 3.05) is 27.2 Å². The first-order valence-electron chi connectivity index (χ1n) is 9.96. The summed E-state index contributed by atoms with van der Waals surface area (Å²) in [7, 11) is 3.54. The highest BCUT2D eigenvalue weighted by Crippen LogP contribution is 2.33. The van der Waals surface area contributed by atoms with Crippen LogP contribution < -0.4 is 0 Å². The Labute approximate surface area is 166 Å². The van der Waals surface area contributed by atoms with Crippen molar-refractivity contribution >= 4 is 11.9 Å². The molecule has 0 N–H and O–H groups in total. The van der Waals surface area contributed by atoms with Gasteiger partial charge in [0.25, 0.3) is 0 Å². The van der Waals surface area contributed by atoms with E-state index < -0.39 is 0 Å². The summed E-state index contributed by atoms with van der Waals surface area (Å²) in [5, 5.41) is 0. The highest BCUT2D eigenvalue weighted by atomic mass is 16.2. The lowest BCUT2D eigenvalue weighted by atomic mass is 9.95. The fourth-order valence-electron chi connectivity index (χ4n) is 4.32. The molecule has 2 heterocycles. The van der Waals surface area contributed by atoms with E-state index in [1.807, 2.05) is 21.9 Å². The molecule has 1 fully saturated rings. The molecule has 3 amide bonds. The zero-order valence-electron chi connectivity index (χ0n) is 16.6. The van der Waals surface area contributed by atoms with Gasteiger partial charge in [0.1, 0.15) is 0 Å². The Kier molecular flexibility index (Phi) is 5.07. The molecule has 5 nitrogen and oxygen atoms in total. The van der Waals surface area contributed by atoms with Gasteiger partial charge in [-0.3, -0.25) is 4.79 Å². The topological polar surface area (TPSA) is 43.9 Å². The predicted molar refractivity (Wildman–Crippen MR) is 110 cm³/mol. The molecule has 0 spiro atoms. The van der Waals surface area contributed by atoms with Crippen LogP contribution in [0.15, 0.2) is 48.5 Å². The summed E-state index contributed by atoms with van der Waals surface area (Å²) in [5.74, 6) is 0.201. The number of hydrogen-bond donors (Lipinski definition) is 0. The molecule has 2 aliphatic heterocycles.